The van der Waals surface area contributed by atoms with Crippen LogP contribution in [0, 0.1) is 5.92 Å². The predicted molar refractivity (Wildman–Crippen MR) is 55.6 cm³/mol. The molecule has 1 aliphatic carbocycles. The lowest BCUT2D eigenvalue weighted by atomic mass is 10.4. The first-order valence-corrected chi connectivity index (χ1v) is 6.98. The highest BCUT2D eigenvalue weighted by molar-refractivity contribution is 7.89. The minimum absolute atomic E-state index is 0.382. The van der Waals surface area contributed by atoms with E-state index >= 15 is 0 Å². The van der Waals surface area contributed by atoms with E-state index in [0.717, 1.165) is 32.4 Å². The molecule has 0 amide bonds. The lowest BCUT2D eigenvalue weighted by molar-refractivity contribution is 0.430. The van der Waals surface area contributed by atoms with Crippen LogP contribution in [-0.4, -0.2) is 44.7 Å². The lowest BCUT2D eigenvalue weighted by Crippen LogP contribution is -2.36. The summed E-state index contributed by atoms with van der Waals surface area (Å²) in [7, 11) is -2.95. The summed E-state index contributed by atoms with van der Waals surface area (Å²) in [5.74, 6) is 0.837. The molecule has 14 heavy (non-hydrogen) atoms. The highest BCUT2D eigenvalue weighted by Crippen LogP contribution is 2.31. The van der Waals surface area contributed by atoms with Gasteiger partial charge in [0.25, 0.3) is 0 Å². The van der Waals surface area contributed by atoms with Crippen molar-refractivity contribution < 1.29 is 8.42 Å². The van der Waals surface area contributed by atoms with E-state index < -0.39 is 10.0 Å². The van der Waals surface area contributed by atoms with Crippen LogP contribution in [-0.2, 0) is 10.0 Å². The maximum absolute atomic E-state index is 11.9. The third kappa shape index (κ3) is 2.68. The third-order valence-electron chi connectivity index (χ3n) is 2.84. The van der Waals surface area contributed by atoms with E-state index in [-0.39, 0.29) is 0 Å². The summed E-state index contributed by atoms with van der Waals surface area (Å²) in [5, 5.41) is 3.21. The second-order valence-electron chi connectivity index (χ2n) is 4.22. The molecule has 1 saturated carbocycles. The molecule has 1 N–H and O–H groups in total. The normalized spacial score (nSPS) is 26.0. The van der Waals surface area contributed by atoms with Crippen LogP contribution in [0.15, 0.2) is 0 Å². The second-order valence-corrected chi connectivity index (χ2v) is 6.24. The fourth-order valence-corrected chi connectivity index (χ4v) is 3.70. The summed E-state index contributed by atoms with van der Waals surface area (Å²) >= 11 is 0. The topological polar surface area (TPSA) is 49.4 Å². The molecule has 5 heteroatoms. The van der Waals surface area contributed by atoms with E-state index in [1.54, 1.807) is 4.31 Å². The van der Waals surface area contributed by atoms with E-state index in [0.29, 0.717) is 24.8 Å². The molecular weight excluding hydrogens is 200 g/mol. The van der Waals surface area contributed by atoms with Gasteiger partial charge in [0.15, 0.2) is 0 Å². The molecule has 0 aromatic carbocycles. The van der Waals surface area contributed by atoms with Gasteiger partial charge >= 0.3 is 0 Å². The van der Waals surface area contributed by atoms with Crippen LogP contribution in [0.5, 0.6) is 0 Å². The summed E-state index contributed by atoms with van der Waals surface area (Å²) < 4.78 is 25.4. The first-order valence-electron chi connectivity index (χ1n) is 5.37. The molecule has 1 heterocycles. The molecule has 0 unspecified atom stereocenters. The fourth-order valence-electron chi connectivity index (χ4n) is 1.79. The van der Waals surface area contributed by atoms with Crippen molar-refractivity contribution >= 4 is 10.0 Å². The molecule has 2 fully saturated rings. The van der Waals surface area contributed by atoms with Crippen LogP contribution in [0.1, 0.15) is 19.3 Å². The average molecular weight is 218 g/mol. The number of rotatable bonds is 3. The largest absolute Gasteiger partial charge is 0.315 e. The van der Waals surface area contributed by atoms with Crippen molar-refractivity contribution in [2.45, 2.75) is 19.3 Å². The summed E-state index contributed by atoms with van der Waals surface area (Å²) in [4.78, 5) is 0. The van der Waals surface area contributed by atoms with Crippen LogP contribution in [0.4, 0.5) is 0 Å². The second kappa shape index (κ2) is 4.16. The zero-order valence-corrected chi connectivity index (χ0v) is 9.22. The van der Waals surface area contributed by atoms with Gasteiger partial charge in [0.05, 0.1) is 5.75 Å². The maximum Gasteiger partial charge on any atom is 0.214 e. The highest BCUT2D eigenvalue weighted by atomic mass is 32.2. The van der Waals surface area contributed by atoms with Gasteiger partial charge in [-0.1, -0.05) is 0 Å². The number of nitrogens with one attached hydrogen (secondary N) is 1. The molecule has 2 aliphatic rings. The fraction of sp³-hybridized carbons (Fsp3) is 1.00. The van der Waals surface area contributed by atoms with Gasteiger partial charge in [-0.15, -0.1) is 0 Å². The van der Waals surface area contributed by atoms with E-state index in [1.807, 2.05) is 0 Å². The maximum atomic E-state index is 11.9. The van der Waals surface area contributed by atoms with E-state index in [1.165, 1.54) is 0 Å². The van der Waals surface area contributed by atoms with Gasteiger partial charge < -0.3 is 5.32 Å². The van der Waals surface area contributed by atoms with Crippen molar-refractivity contribution in [2.24, 2.45) is 5.92 Å². The Morgan fingerprint density at radius 1 is 1.21 bits per heavy atom. The third-order valence-corrected chi connectivity index (χ3v) is 4.88. The Morgan fingerprint density at radius 3 is 2.71 bits per heavy atom. The summed E-state index contributed by atoms with van der Waals surface area (Å²) in [6.45, 7) is 3.08. The molecule has 82 valence electrons. The molecule has 4 nitrogen and oxygen atoms in total. The molecule has 0 radical (unpaired) electrons. The van der Waals surface area contributed by atoms with Crippen molar-refractivity contribution in [3.05, 3.63) is 0 Å². The quantitative estimate of drug-likeness (QED) is 0.726. The predicted octanol–water partition coefficient (Wildman–Crippen LogP) is 0.0215. The minimum Gasteiger partial charge on any atom is -0.315 e. The van der Waals surface area contributed by atoms with Crippen molar-refractivity contribution in [1.29, 1.82) is 0 Å². The van der Waals surface area contributed by atoms with E-state index in [9.17, 15) is 8.42 Å². The first-order chi connectivity index (χ1) is 6.68. The van der Waals surface area contributed by atoms with Crippen LogP contribution in [0.3, 0.4) is 0 Å². The van der Waals surface area contributed by atoms with E-state index in [4.69, 9.17) is 0 Å². The van der Waals surface area contributed by atoms with Gasteiger partial charge in [0, 0.05) is 19.6 Å². The molecule has 1 saturated heterocycles. The van der Waals surface area contributed by atoms with Crippen molar-refractivity contribution in [1.82, 2.24) is 9.62 Å². The molecule has 0 aromatic rings. The molecule has 2 rings (SSSR count). The van der Waals surface area contributed by atoms with Gasteiger partial charge in [-0.05, 0) is 31.7 Å². The standard InChI is InChI=1S/C9H18N2O2S/c12-14(13,8-9-2-3-9)11-6-1-4-10-5-7-11/h9-10H,1-8H2. The molecule has 0 atom stereocenters. The Bertz CT molecular complexity index is 277. The zero-order valence-electron chi connectivity index (χ0n) is 8.41. The number of hydrogen-bond donors (Lipinski definition) is 1. The Balaban J connectivity index is 1.95. The molecule has 1 aliphatic heterocycles. The van der Waals surface area contributed by atoms with Crippen LogP contribution < -0.4 is 5.32 Å². The molecule has 0 bridgehead atoms. The van der Waals surface area contributed by atoms with Crippen LogP contribution in [0.25, 0.3) is 0 Å². The van der Waals surface area contributed by atoms with Gasteiger partial charge in [0.2, 0.25) is 10.0 Å². The van der Waals surface area contributed by atoms with E-state index in [2.05, 4.69) is 5.32 Å². The number of sulfonamides is 1. The Labute approximate surface area is 85.7 Å². The van der Waals surface area contributed by atoms with Crippen LogP contribution >= 0.6 is 0 Å². The van der Waals surface area contributed by atoms with Gasteiger partial charge in [-0.3, -0.25) is 0 Å². The van der Waals surface area contributed by atoms with Crippen molar-refractivity contribution in [3.8, 4) is 0 Å². The zero-order chi connectivity index (χ0) is 10.0. The highest BCUT2D eigenvalue weighted by Gasteiger charge is 2.31. The average Bonchev–Trinajstić information content (AvgIpc) is 2.88. The first kappa shape index (κ1) is 10.4. The van der Waals surface area contributed by atoms with Gasteiger partial charge in [0.1, 0.15) is 0 Å². The van der Waals surface area contributed by atoms with Gasteiger partial charge in [-0.25, -0.2) is 12.7 Å². The Kier molecular flexibility index (Phi) is 3.09. The minimum atomic E-state index is -2.95. The molecular formula is C9H18N2O2S. The monoisotopic (exact) mass is 218 g/mol. The number of nitrogens with zero attached hydrogens (tertiary/aromatic N) is 1. The van der Waals surface area contributed by atoms with Crippen molar-refractivity contribution in [3.63, 3.8) is 0 Å². The Hall–Kier alpha value is -0.130. The SMILES string of the molecule is O=S(=O)(CC1CC1)N1CCCNCC1. The lowest BCUT2D eigenvalue weighted by Gasteiger charge is -2.19. The summed E-state index contributed by atoms with van der Waals surface area (Å²) in [5.41, 5.74) is 0. The summed E-state index contributed by atoms with van der Waals surface area (Å²) in [6, 6.07) is 0. The Morgan fingerprint density at radius 2 is 2.00 bits per heavy atom. The summed E-state index contributed by atoms with van der Waals surface area (Å²) in [6.07, 6.45) is 3.14. The van der Waals surface area contributed by atoms with Crippen LogP contribution in [0.2, 0.25) is 0 Å². The van der Waals surface area contributed by atoms with Gasteiger partial charge in [-0.2, -0.15) is 0 Å². The smallest absolute Gasteiger partial charge is 0.214 e. The van der Waals surface area contributed by atoms with Crippen molar-refractivity contribution in [2.75, 3.05) is 31.9 Å². The molecule has 0 aromatic heterocycles. The molecule has 0 spiro atoms. The number of hydrogen-bond acceptors (Lipinski definition) is 3.